The molecule has 104 valence electrons. The first kappa shape index (κ1) is 22.3. The van der Waals surface area contributed by atoms with E-state index in [0.717, 1.165) is 11.1 Å². The Morgan fingerprint density at radius 1 is 0.667 bits per heavy atom. The van der Waals surface area contributed by atoms with Crippen molar-refractivity contribution in [3.05, 3.63) is 4.65 Å². The van der Waals surface area contributed by atoms with Gasteiger partial charge in [0, 0.05) is 0 Å². The molecule has 0 aromatic carbocycles. The molecule has 0 fully saturated rings. The van der Waals surface area contributed by atoms with Crippen LogP contribution in [0.5, 0.6) is 0 Å². The van der Waals surface area contributed by atoms with Gasteiger partial charge in [-0.1, -0.05) is 107 Å². The Morgan fingerprint density at radius 2 is 0.889 bits per heavy atom. The Morgan fingerprint density at radius 3 is 1.00 bits per heavy atom. The Hall–Kier alpha value is 2.03. The third-order valence-electron chi connectivity index (χ3n) is 5.04. The van der Waals surface area contributed by atoms with E-state index in [2.05, 4.69) is 55.4 Å². The SMILES string of the molecule is CC[Si](CC)([N-][Si](CC)(CC)C(C)C)C(C)C.[K+]. The molecule has 18 heavy (non-hydrogen) atoms. The minimum Gasteiger partial charge on any atom is -0.666 e. The predicted molar refractivity (Wildman–Crippen MR) is 87.0 cm³/mol. The summed E-state index contributed by atoms with van der Waals surface area (Å²) >= 11 is 0. The quantitative estimate of drug-likeness (QED) is 0.611. The molecule has 0 aromatic rings. The normalized spacial score (nSPS) is 13.0. The zero-order valence-electron chi connectivity index (χ0n) is 14.4. The minimum atomic E-state index is -1.37. The van der Waals surface area contributed by atoms with E-state index in [9.17, 15) is 0 Å². The molecule has 0 aliphatic heterocycles. The molecule has 4 heteroatoms. The van der Waals surface area contributed by atoms with Crippen LogP contribution >= 0.6 is 0 Å². The van der Waals surface area contributed by atoms with Gasteiger partial charge >= 0.3 is 51.4 Å². The summed E-state index contributed by atoms with van der Waals surface area (Å²) in [6.07, 6.45) is 0. The molecule has 0 aliphatic carbocycles. The van der Waals surface area contributed by atoms with Crippen molar-refractivity contribution < 1.29 is 51.4 Å². The van der Waals surface area contributed by atoms with Gasteiger partial charge in [-0.05, 0) is 0 Å². The maximum atomic E-state index is 5.69. The van der Waals surface area contributed by atoms with Crippen molar-refractivity contribution in [1.29, 1.82) is 0 Å². The molecule has 0 unspecified atom stereocenters. The first-order valence-electron chi connectivity index (χ1n) is 7.58. The van der Waals surface area contributed by atoms with Crippen LogP contribution in [0.3, 0.4) is 0 Å². The van der Waals surface area contributed by atoms with Gasteiger partial charge in [-0.2, -0.15) is 0 Å². The van der Waals surface area contributed by atoms with Gasteiger partial charge in [0.25, 0.3) is 0 Å². The van der Waals surface area contributed by atoms with E-state index >= 15 is 0 Å². The number of rotatable bonds is 8. The zero-order valence-corrected chi connectivity index (χ0v) is 19.6. The average Bonchev–Trinajstić information content (AvgIpc) is 2.31. The molecule has 0 saturated carbocycles. The monoisotopic (exact) mass is 311 g/mol. The van der Waals surface area contributed by atoms with E-state index in [-0.39, 0.29) is 51.4 Å². The van der Waals surface area contributed by atoms with Crippen LogP contribution in [0.15, 0.2) is 0 Å². The molecule has 0 radical (unpaired) electrons. The van der Waals surface area contributed by atoms with Gasteiger partial charge in [0.2, 0.25) is 0 Å². The molecular formula is C14H34KNSi2. The third-order valence-corrected chi connectivity index (χ3v) is 17.8. The number of nitrogens with zero attached hydrogens (tertiary/aromatic N) is 1. The molecule has 1 nitrogen and oxygen atoms in total. The molecule has 0 N–H and O–H groups in total. The van der Waals surface area contributed by atoms with Crippen LogP contribution < -0.4 is 51.4 Å². The van der Waals surface area contributed by atoms with Crippen LogP contribution in [0.25, 0.3) is 4.65 Å². The van der Waals surface area contributed by atoms with Crippen molar-refractivity contribution in [3.63, 3.8) is 0 Å². The topological polar surface area (TPSA) is 14.1 Å². The Bertz CT molecular complexity index is 190. The van der Waals surface area contributed by atoms with Gasteiger partial charge < -0.3 is 4.65 Å². The fraction of sp³-hybridized carbons (Fsp3) is 1.00. The summed E-state index contributed by atoms with van der Waals surface area (Å²) in [6.45, 7) is 19.2. The largest absolute Gasteiger partial charge is 1.00 e. The molecule has 0 bridgehead atoms. The summed E-state index contributed by atoms with van der Waals surface area (Å²) in [6, 6.07) is 5.34. The van der Waals surface area contributed by atoms with Crippen molar-refractivity contribution in [1.82, 2.24) is 0 Å². The van der Waals surface area contributed by atoms with Crippen LogP contribution in [0.1, 0.15) is 55.4 Å². The zero-order chi connectivity index (χ0) is 13.7. The molecular weight excluding hydrogens is 277 g/mol. The Kier molecular flexibility index (Phi) is 12.2. The van der Waals surface area contributed by atoms with Gasteiger partial charge in [-0.25, -0.2) is 0 Å². The summed E-state index contributed by atoms with van der Waals surface area (Å²) in [5.74, 6) is 0. The maximum Gasteiger partial charge on any atom is 1.00 e. The Labute approximate surface area is 161 Å². The summed E-state index contributed by atoms with van der Waals surface area (Å²) in [7, 11) is -2.75. The summed E-state index contributed by atoms with van der Waals surface area (Å²) in [5.41, 5.74) is 1.61. The third kappa shape index (κ3) is 5.10. The Balaban J connectivity index is 0. The van der Waals surface area contributed by atoms with E-state index in [1.54, 1.807) is 0 Å². The van der Waals surface area contributed by atoms with E-state index in [4.69, 9.17) is 4.65 Å². The fourth-order valence-corrected chi connectivity index (χ4v) is 15.6. The molecule has 0 rings (SSSR count). The van der Waals surface area contributed by atoms with Crippen molar-refractivity contribution >= 4 is 16.5 Å². The van der Waals surface area contributed by atoms with Crippen LogP contribution in [-0.2, 0) is 0 Å². The molecule has 0 atom stereocenters. The fourth-order valence-electron chi connectivity index (χ4n) is 3.15. The van der Waals surface area contributed by atoms with Crippen molar-refractivity contribution in [2.75, 3.05) is 0 Å². The number of hydrogen-bond acceptors (Lipinski definition) is 0. The summed E-state index contributed by atoms with van der Waals surface area (Å²) < 4.78 is 5.69. The molecule has 0 spiro atoms. The molecule has 0 saturated heterocycles. The van der Waals surface area contributed by atoms with Crippen molar-refractivity contribution in [2.24, 2.45) is 0 Å². The molecule has 0 aromatic heterocycles. The molecule has 0 amide bonds. The first-order valence-corrected chi connectivity index (χ1v) is 12.5. The second-order valence-corrected chi connectivity index (χ2v) is 16.5. The standard InChI is InChI=1S/C14H34NSi2.K/c1-9-16(10-2,13(5)6)15-17(11-3,12-4)14(7)8;/h13-14H,9-12H2,1-8H3;/q-1;+1. The van der Waals surface area contributed by atoms with Crippen molar-refractivity contribution in [3.8, 4) is 0 Å². The first-order chi connectivity index (χ1) is 7.84. The minimum absolute atomic E-state index is 0. The van der Waals surface area contributed by atoms with Gasteiger partial charge in [0.1, 0.15) is 0 Å². The average molecular weight is 312 g/mol. The molecule has 0 heterocycles. The predicted octanol–water partition coefficient (Wildman–Crippen LogP) is 3.15. The van der Waals surface area contributed by atoms with Crippen LogP contribution in [-0.4, -0.2) is 16.5 Å². The number of hydrogen-bond donors (Lipinski definition) is 0. The second kappa shape index (κ2) is 9.87. The van der Waals surface area contributed by atoms with E-state index in [0.29, 0.717) is 0 Å². The summed E-state index contributed by atoms with van der Waals surface area (Å²) in [5, 5.41) is 0. The second-order valence-electron chi connectivity index (χ2n) is 6.04. The van der Waals surface area contributed by atoms with Crippen LogP contribution in [0.4, 0.5) is 0 Å². The molecule has 0 aliphatic rings. The van der Waals surface area contributed by atoms with E-state index in [1.807, 2.05) is 0 Å². The van der Waals surface area contributed by atoms with Crippen LogP contribution in [0, 0.1) is 0 Å². The van der Waals surface area contributed by atoms with Gasteiger partial charge in [0.15, 0.2) is 0 Å². The van der Waals surface area contributed by atoms with Gasteiger partial charge in [-0.15, -0.1) is 0 Å². The maximum absolute atomic E-state index is 5.69. The van der Waals surface area contributed by atoms with Gasteiger partial charge in [0.05, 0.1) is 0 Å². The van der Waals surface area contributed by atoms with E-state index < -0.39 is 16.5 Å². The van der Waals surface area contributed by atoms with Crippen molar-refractivity contribution in [2.45, 2.75) is 90.6 Å². The van der Waals surface area contributed by atoms with Crippen LogP contribution in [0.2, 0.25) is 35.3 Å². The van der Waals surface area contributed by atoms with Gasteiger partial charge in [-0.3, -0.25) is 0 Å². The van der Waals surface area contributed by atoms with E-state index in [1.165, 1.54) is 24.2 Å². The summed E-state index contributed by atoms with van der Waals surface area (Å²) in [4.78, 5) is 0. The smallest absolute Gasteiger partial charge is 0.666 e.